The Kier molecular flexibility index (Phi) is 6.28. The van der Waals surface area contributed by atoms with Gasteiger partial charge in [-0.3, -0.25) is 0 Å². The maximum atomic E-state index is 8.82. The number of halogens is 1. The van der Waals surface area contributed by atoms with Crippen LogP contribution in [0, 0.1) is 29.1 Å². The average Bonchev–Trinajstić information content (AvgIpc) is 3.53. The molecule has 9 heteroatoms. The predicted molar refractivity (Wildman–Crippen MR) is 107 cm³/mol. The van der Waals surface area contributed by atoms with Gasteiger partial charge in [0.05, 0.1) is 18.2 Å². The minimum Gasteiger partial charge on any atom is -0.478 e. The summed E-state index contributed by atoms with van der Waals surface area (Å²) in [6.45, 7) is 0. The van der Waals surface area contributed by atoms with Gasteiger partial charge in [0.15, 0.2) is 5.15 Å². The molecule has 0 radical (unpaired) electrons. The smallest absolute Gasteiger partial charge is 0.261 e. The Hall–Kier alpha value is -3.62. The summed E-state index contributed by atoms with van der Waals surface area (Å²) in [5.74, 6) is 6.66. The van der Waals surface area contributed by atoms with Gasteiger partial charge in [0, 0.05) is 24.2 Å². The van der Waals surface area contributed by atoms with Crippen molar-refractivity contribution in [1.82, 2.24) is 15.2 Å². The lowest BCUT2D eigenvalue weighted by Crippen LogP contribution is -2.10. The number of aromatic nitrogens is 3. The molecular formula is C20H17ClN6O2. The van der Waals surface area contributed by atoms with Gasteiger partial charge in [-0.25, -0.2) is 4.98 Å². The number of nitrogens with zero attached hydrogens (tertiary/aromatic N) is 5. The van der Waals surface area contributed by atoms with Crippen molar-refractivity contribution >= 4 is 23.1 Å². The van der Waals surface area contributed by atoms with Crippen LogP contribution < -0.4 is 5.73 Å². The molecular weight excluding hydrogens is 392 g/mol. The minimum absolute atomic E-state index is 0.127. The summed E-state index contributed by atoms with van der Waals surface area (Å²) in [4.78, 5) is 8.92. The van der Waals surface area contributed by atoms with Crippen LogP contribution in [0.15, 0.2) is 35.8 Å². The van der Waals surface area contributed by atoms with Gasteiger partial charge in [0.1, 0.15) is 24.6 Å². The van der Waals surface area contributed by atoms with Crippen molar-refractivity contribution < 1.29 is 9.57 Å². The third kappa shape index (κ3) is 4.63. The molecule has 0 saturated heterocycles. The zero-order valence-electron chi connectivity index (χ0n) is 15.8. The fourth-order valence-electron chi connectivity index (χ4n) is 2.73. The van der Waals surface area contributed by atoms with E-state index in [9.17, 15) is 0 Å². The normalized spacial score (nSPS) is 18.3. The average molecular weight is 409 g/mol. The van der Waals surface area contributed by atoms with E-state index in [2.05, 4.69) is 32.2 Å². The van der Waals surface area contributed by atoms with Gasteiger partial charge in [-0.15, -0.1) is 10.2 Å². The summed E-state index contributed by atoms with van der Waals surface area (Å²) >= 11 is 6.27. The van der Waals surface area contributed by atoms with Crippen molar-refractivity contribution in [3.05, 3.63) is 58.3 Å². The number of hydrogen-bond donors (Lipinski definition) is 1. The van der Waals surface area contributed by atoms with Gasteiger partial charge >= 0.3 is 0 Å². The van der Waals surface area contributed by atoms with E-state index in [0.717, 1.165) is 12.0 Å². The van der Waals surface area contributed by atoms with Gasteiger partial charge in [-0.1, -0.05) is 17.5 Å². The van der Waals surface area contributed by atoms with Crippen molar-refractivity contribution in [2.24, 2.45) is 16.8 Å². The zero-order chi connectivity index (χ0) is 20.8. The number of nitriles is 1. The van der Waals surface area contributed by atoms with Crippen LogP contribution in [0.5, 0.6) is 0 Å². The number of ether oxygens (including phenoxy) is 1. The summed E-state index contributed by atoms with van der Waals surface area (Å²) in [5, 5.41) is 21.0. The highest BCUT2D eigenvalue weighted by Crippen LogP contribution is 2.49. The number of methoxy groups -OCH3 is 1. The van der Waals surface area contributed by atoms with Crippen LogP contribution in [-0.4, -0.2) is 35.3 Å². The van der Waals surface area contributed by atoms with Crippen molar-refractivity contribution in [2.75, 3.05) is 14.2 Å². The fourth-order valence-corrected chi connectivity index (χ4v) is 2.96. The third-order valence-electron chi connectivity index (χ3n) is 4.28. The first kappa shape index (κ1) is 20.1. The largest absolute Gasteiger partial charge is 0.478 e. The highest BCUT2D eigenvalue weighted by atomic mass is 35.5. The monoisotopic (exact) mass is 408 g/mol. The van der Waals surface area contributed by atoms with Crippen molar-refractivity contribution in [3.8, 4) is 17.9 Å². The van der Waals surface area contributed by atoms with Gasteiger partial charge in [0.2, 0.25) is 0 Å². The molecule has 146 valence electrons. The Balaban J connectivity index is 1.81. The first-order valence-corrected chi connectivity index (χ1v) is 8.97. The summed E-state index contributed by atoms with van der Waals surface area (Å²) in [7, 11) is 2.86. The molecule has 1 fully saturated rings. The van der Waals surface area contributed by atoms with Crippen LogP contribution in [0.25, 0.3) is 5.57 Å². The maximum Gasteiger partial charge on any atom is 0.261 e. The van der Waals surface area contributed by atoms with Gasteiger partial charge in [-0.05, 0) is 41.3 Å². The minimum atomic E-state index is 0.127. The van der Waals surface area contributed by atoms with E-state index < -0.39 is 0 Å². The zero-order valence-corrected chi connectivity index (χ0v) is 16.5. The maximum absolute atomic E-state index is 8.82. The Bertz CT molecular complexity index is 1060. The molecule has 2 unspecified atom stereocenters. The van der Waals surface area contributed by atoms with Crippen LogP contribution >= 0.6 is 11.6 Å². The molecule has 2 aromatic heterocycles. The molecule has 2 aromatic rings. The molecule has 0 bridgehead atoms. The molecule has 29 heavy (non-hydrogen) atoms. The summed E-state index contributed by atoms with van der Waals surface area (Å²) in [6, 6.07) is 7.25. The summed E-state index contributed by atoms with van der Waals surface area (Å²) < 4.78 is 5.20. The highest BCUT2D eigenvalue weighted by Gasteiger charge is 2.39. The highest BCUT2D eigenvalue weighted by molar-refractivity contribution is 6.30. The Morgan fingerprint density at radius 2 is 2.21 bits per heavy atom. The number of pyridine rings is 1. The van der Waals surface area contributed by atoms with Crippen molar-refractivity contribution in [1.29, 1.82) is 5.26 Å². The fraction of sp³-hybridized carbons (Fsp3) is 0.250. The number of rotatable bonds is 4. The molecule has 0 aromatic carbocycles. The van der Waals surface area contributed by atoms with Crippen LogP contribution in [0.4, 0.5) is 0 Å². The molecule has 1 aliphatic rings. The second-order valence-corrected chi connectivity index (χ2v) is 6.46. The molecule has 3 rings (SSSR count). The van der Waals surface area contributed by atoms with E-state index in [1.807, 2.05) is 12.1 Å². The Morgan fingerprint density at radius 1 is 1.38 bits per heavy atom. The predicted octanol–water partition coefficient (Wildman–Crippen LogP) is 2.46. The molecule has 2 heterocycles. The molecule has 8 nitrogen and oxygen atoms in total. The van der Waals surface area contributed by atoms with Crippen LogP contribution in [0.3, 0.4) is 0 Å². The Morgan fingerprint density at radius 3 is 2.83 bits per heavy atom. The standard InChI is InChI=1S/C20H17ClN6O2/c1-28-20(27-29-2)17(10-23)18-8-16(19(21)26-25-18)15-7-13(15)4-6-14-5-3-12(9-22)11-24-14/h3,5,8,10-11,13,15H,7,23H2,1-2H3. The van der Waals surface area contributed by atoms with E-state index in [4.69, 9.17) is 32.2 Å². The van der Waals surface area contributed by atoms with Gasteiger partial charge in [-0.2, -0.15) is 5.26 Å². The molecule has 2 atom stereocenters. The van der Waals surface area contributed by atoms with E-state index >= 15 is 0 Å². The van der Waals surface area contributed by atoms with E-state index in [-0.39, 0.29) is 17.7 Å². The lowest BCUT2D eigenvalue weighted by atomic mass is 10.1. The number of hydrogen-bond acceptors (Lipinski definition) is 8. The van der Waals surface area contributed by atoms with Crippen LogP contribution in [0.1, 0.15) is 34.9 Å². The molecule has 0 spiro atoms. The molecule has 1 aliphatic carbocycles. The van der Waals surface area contributed by atoms with Crippen LogP contribution in [-0.2, 0) is 9.57 Å². The number of nitrogens with two attached hydrogens (primary N) is 1. The molecule has 1 saturated carbocycles. The molecule has 2 N–H and O–H groups in total. The molecule has 0 amide bonds. The SMILES string of the molecule is CON=C(OC)C(=CN)c1cc(C2CC2C#Cc2ccc(C#N)cn2)c(Cl)nn1. The van der Waals surface area contributed by atoms with E-state index in [1.165, 1.54) is 26.6 Å². The van der Waals surface area contributed by atoms with Gasteiger partial charge in [0.25, 0.3) is 5.90 Å². The quantitative estimate of drug-likeness (QED) is 0.357. The topological polar surface area (TPSA) is 119 Å². The lowest BCUT2D eigenvalue weighted by molar-refractivity contribution is 0.200. The second kappa shape index (κ2) is 9.05. The van der Waals surface area contributed by atoms with Crippen LogP contribution in [0.2, 0.25) is 5.15 Å². The first-order valence-electron chi connectivity index (χ1n) is 8.59. The third-order valence-corrected chi connectivity index (χ3v) is 4.58. The molecule has 0 aliphatic heterocycles. The van der Waals surface area contributed by atoms with E-state index in [1.54, 1.807) is 12.1 Å². The second-order valence-electron chi connectivity index (χ2n) is 6.10. The first-order chi connectivity index (χ1) is 14.1. The number of oxime groups is 1. The van der Waals surface area contributed by atoms with E-state index in [0.29, 0.717) is 27.7 Å². The van der Waals surface area contributed by atoms with Gasteiger partial charge < -0.3 is 15.3 Å². The summed E-state index contributed by atoms with van der Waals surface area (Å²) in [6.07, 6.45) is 3.67. The lowest BCUT2D eigenvalue weighted by Gasteiger charge is -2.09. The Labute approximate surface area is 173 Å². The summed E-state index contributed by atoms with van der Waals surface area (Å²) in [5.41, 5.74) is 8.57. The van der Waals surface area contributed by atoms with Crippen molar-refractivity contribution in [3.63, 3.8) is 0 Å². The van der Waals surface area contributed by atoms with Crippen molar-refractivity contribution in [2.45, 2.75) is 12.3 Å².